The van der Waals surface area contributed by atoms with Crippen LogP contribution in [0.2, 0.25) is 0 Å². The average Bonchev–Trinajstić information content (AvgIpc) is 2.74. The van der Waals surface area contributed by atoms with E-state index in [1.54, 1.807) is 0 Å². The Morgan fingerprint density at radius 3 is 2.45 bits per heavy atom. The Balaban J connectivity index is 1.84. The number of amides is 1. The van der Waals surface area contributed by atoms with Gasteiger partial charge < -0.3 is 14.7 Å². The van der Waals surface area contributed by atoms with Gasteiger partial charge in [-0.1, -0.05) is 12.8 Å². The van der Waals surface area contributed by atoms with Gasteiger partial charge in [0.15, 0.2) is 6.61 Å². The van der Waals surface area contributed by atoms with Crippen molar-refractivity contribution in [2.24, 2.45) is 0 Å². The van der Waals surface area contributed by atoms with E-state index >= 15 is 0 Å². The number of hydrogen-bond acceptors (Lipinski definition) is 4. The lowest BCUT2D eigenvalue weighted by Crippen LogP contribution is -2.35. The molecule has 1 amide bonds. The molecular formula is C14H18N2O4. The van der Waals surface area contributed by atoms with Crippen LogP contribution in [0.5, 0.6) is 5.75 Å². The Morgan fingerprint density at radius 2 is 1.90 bits per heavy atom. The summed E-state index contributed by atoms with van der Waals surface area (Å²) in [6.07, 6.45) is 5.75. The number of carbonyl (C=O) groups is 2. The van der Waals surface area contributed by atoms with Gasteiger partial charge in [0.25, 0.3) is 5.91 Å². The SMILES string of the molecule is O=C(O)c1ccc(OCC(=O)N2CCCCCC2)cn1. The second-order valence-corrected chi connectivity index (χ2v) is 4.77. The quantitative estimate of drug-likeness (QED) is 0.904. The van der Waals surface area contributed by atoms with E-state index in [2.05, 4.69) is 4.98 Å². The fraction of sp³-hybridized carbons (Fsp3) is 0.500. The summed E-state index contributed by atoms with van der Waals surface area (Å²) in [4.78, 5) is 28.2. The highest BCUT2D eigenvalue weighted by Gasteiger charge is 2.16. The number of carbonyl (C=O) groups excluding carboxylic acids is 1. The minimum atomic E-state index is -1.09. The molecule has 1 aromatic rings. The molecule has 0 saturated carbocycles. The van der Waals surface area contributed by atoms with E-state index in [0.717, 1.165) is 25.9 Å². The van der Waals surface area contributed by atoms with Gasteiger partial charge in [0.1, 0.15) is 11.4 Å². The maximum Gasteiger partial charge on any atom is 0.354 e. The summed E-state index contributed by atoms with van der Waals surface area (Å²) in [5.74, 6) is -0.718. The van der Waals surface area contributed by atoms with E-state index < -0.39 is 5.97 Å². The summed E-state index contributed by atoms with van der Waals surface area (Å²) in [6, 6.07) is 2.86. The van der Waals surface area contributed by atoms with Crippen LogP contribution in [0, 0.1) is 0 Å². The number of nitrogens with zero attached hydrogens (tertiary/aromatic N) is 2. The molecule has 1 aliphatic heterocycles. The molecule has 0 aliphatic carbocycles. The molecule has 1 fully saturated rings. The van der Waals surface area contributed by atoms with Crippen molar-refractivity contribution in [2.75, 3.05) is 19.7 Å². The predicted molar refractivity (Wildman–Crippen MR) is 71.7 cm³/mol. The fourth-order valence-corrected chi connectivity index (χ4v) is 2.15. The third-order valence-corrected chi connectivity index (χ3v) is 3.28. The van der Waals surface area contributed by atoms with Crippen molar-refractivity contribution < 1.29 is 19.4 Å². The zero-order valence-corrected chi connectivity index (χ0v) is 11.2. The summed E-state index contributed by atoms with van der Waals surface area (Å²) in [7, 11) is 0. The summed E-state index contributed by atoms with van der Waals surface area (Å²) >= 11 is 0. The number of aromatic nitrogens is 1. The molecule has 1 aliphatic rings. The second kappa shape index (κ2) is 6.88. The highest BCUT2D eigenvalue weighted by atomic mass is 16.5. The van der Waals surface area contributed by atoms with Crippen LogP contribution >= 0.6 is 0 Å². The molecule has 0 spiro atoms. The standard InChI is InChI=1S/C14H18N2O4/c17-13(16-7-3-1-2-4-8-16)10-20-11-5-6-12(14(18)19)15-9-11/h5-6,9H,1-4,7-8,10H2,(H,18,19). The zero-order chi connectivity index (χ0) is 14.4. The Kier molecular flexibility index (Phi) is 4.92. The first-order valence-corrected chi connectivity index (χ1v) is 6.77. The smallest absolute Gasteiger partial charge is 0.354 e. The van der Waals surface area contributed by atoms with Crippen LogP contribution in [0.15, 0.2) is 18.3 Å². The third-order valence-electron chi connectivity index (χ3n) is 3.28. The van der Waals surface area contributed by atoms with E-state index in [0.29, 0.717) is 5.75 Å². The van der Waals surface area contributed by atoms with Crippen molar-refractivity contribution in [3.8, 4) is 5.75 Å². The highest BCUT2D eigenvalue weighted by Crippen LogP contribution is 2.12. The normalized spacial score (nSPS) is 15.5. The lowest BCUT2D eigenvalue weighted by atomic mass is 10.2. The number of likely N-dealkylation sites (tertiary alicyclic amines) is 1. The average molecular weight is 278 g/mol. The maximum atomic E-state index is 12.0. The Labute approximate surface area is 117 Å². The number of hydrogen-bond donors (Lipinski definition) is 1. The van der Waals surface area contributed by atoms with Crippen LogP contribution in [0.4, 0.5) is 0 Å². The van der Waals surface area contributed by atoms with E-state index in [-0.39, 0.29) is 18.2 Å². The number of rotatable bonds is 4. The maximum absolute atomic E-state index is 12.0. The zero-order valence-electron chi connectivity index (χ0n) is 11.2. The van der Waals surface area contributed by atoms with Gasteiger partial charge in [-0.05, 0) is 25.0 Å². The van der Waals surface area contributed by atoms with Gasteiger partial charge in [-0.2, -0.15) is 0 Å². The van der Waals surface area contributed by atoms with Crippen LogP contribution in [0.25, 0.3) is 0 Å². The first-order chi connectivity index (χ1) is 9.66. The van der Waals surface area contributed by atoms with E-state index in [1.165, 1.54) is 31.2 Å². The molecular weight excluding hydrogens is 260 g/mol. The van der Waals surface area contributed by atoms with Crippen molar-refractivity contribution in [1.82, 2.24) is 9.88 Å². The van der Waals surface area contributed by atoms with Crippen molar-refractivity contribution in [3.63, 3.8) is 0 Å². The first-order valence-electron chi connectivity index (χ1n) is 6.77. The molecule has 6 nitrogen and oxygen atoms in total. The van der Waals surface area contributed by atoms with Gasteiger partial charge in [0.05, 0.1) is 6.20 Å². The summed E-state index contributed by atoms with van der Waals surface area (Å²) in [5.41, 5.74) is -0.0452. The monoisotopic (exact) mass is 278 g/mol. The van der Waals surface area contributed by atoms with Crippen LogP contribution < -0.4 is 4.74 Å². The van der Waals surface area contributed by atoms with Gasteiger partial charge in [-0.25, -0.2) is 9.78 Å². The summed E-state index contributed by atoms with van der Waals surface area (Å²) in [6.45, 7) is 1.55. The van der Waals surface area contributed by atoms with Crippen molar-refractivity contribution in [1.29, 1.82) is 0 Å². The molecule has 0 bridgehead atoms. The Bertz CT molecular complexity index is 465. The largest absolute Gasteiger partial charge is 0.482 e. The number of carboxylic acid groups (broad SMARTS) is 1. The molecule has 6 heteroatoms. The van der Waals surface area contributed by atoms with Crippen molar-refractivity contribution >= 4 is 11.9 Å². The summed E-state index contributed by atoms with van der Waals surface area (Å²) < 4.78 is 5.35. The molecule has 2 rings (SSSR count). The molecule has 0 unspecified atom stereocenters. The van der Waals surface area contributed by atoms with Gasteiger partial charge in [-0.3, -0.25) is 4.79 Å². The van der Waals surface area contributed by atoms with Crippen LogP contribution in [0.1, 0.15) is 36.2 Å². The van der Waals surface area contributed by atoms with Gasteiger partial charge in [0, 0.05) is 13.1 Å². The van der Waals surface area contributed by atoms with Gasteiger partial charge >= 0.3 is 5.97 Å². The molecule has 108 valence electrons. The van der Waals surface area contributed by atoms with Crippen molar-refractivity contribution in [2.45, 2.75) is 25.7 Å². The molecule has 2 heterocycles. The molecule has 1 N–H and O–H groups in total. The number of ether oxygens (including phenoxy) is 1. The third kappa shape index (κ3) is 3.94. The lowest BCUT2D eigenvalue weighted by Gasteiger charge is -2.20. The fourth-order valence-electron chi connectivity index (χ4n) is 2.15. The molecule has 1 aromatic heterocycles. The molecule has 1 saturated heterocycles. The van der Waals surface area contributed by atoms with Crippen LogP contribution in [-0.4, -0.2) is 46.6 Å². The molecule has 0 atom stereocenters. The van der Waals surface area contributed by atoms with E-state index in [4.69, 9.17) is 9.84 Å². The number of pyridine rings is 1. The topological polar surface area (TPSA) is 79.7 Å². The highest BCUT2D eigenvalue weighted by molar-refractivity contribution is 5.85. The van der Waals surface area contributed by atoms with E-state index in [1.807, 2.05) is 4.90 Å². The Morgan fingerprint density at radius 1 is 1.20 bits per heavy atom. The minimum absolute atomic E-state index is 0.0331. The molecule has 20 heavy (non-hydrogen) atoms. The van der Waals surface area contributed by atoms with Gasteiger partial charge in [-0.15, -0.1) is 0 Å². The number of aromatic carboxylic acids is 1. The van der Waals surface area contributed by atoms with Crippen molar-refractivity contribution in [3.05, 3.63) is 24.0 Å². The number of carboxylic acids is 1. The Hall–Kier alpha value is -2.11. The molecule has 0 aromatic carbocycles. The summed E-state index contributed by atoms with van der Waals surface area (Å²) in [5, 5.41) is 8.73. The van der Waals surface area contributed by atoms with Crippen LogP contribution in [0.3, 0.4) is 0 Å². The van der Waals surface area contributed by atoms with E-state index in [9.17, 15) is 9.59 Å². The molecule has 0 radical (unpaired) electrons. The van der Waals surface area contributed by atoms with Gasteiger partial charge in [0.2, 0.25) is 0 Å². The lowest BCUT2D eigenvalue weighted by molar-refractivity contribution is -0.133. The first kappa shape index (κ1) is 14.3. The minimum Gasteiger partial charge on any atom is -0.482 e. The predicted octanol–water partition coefficient (Wildman–Crippen LogP) is 1.56. The van der Waals surface area contributed by atoms with Crippen LogP contribution in [-0.2, 0) is 4.79 Å². The second-order valence-electron chi connectivity index (χ2n) is 4.77.